The summed E-state index contributed by atoms with van der Waals surface area (Å²) in [5, 5.41) is 0. The molecule has 0 unspecified atom stereocenters. The molecule has 1 N–H and O–H groups in total. The van der Waals surface area contributed by atoms with Crippen LogP contribution in [0.1, 0.15) is 45.1 Å². The van der Waals surface area contributed by atoms with E-state index in [2.05, 4.69) is 18.7 Å². The monoisotopic (exact) mass is 329 g/mol. The van der Waals surface area contributed by atoms with Crippen LogP contribution in [0.5, 0.6) is 5.75 Å². The third-order valence-corrected chi connectivity index (χ3v) is 4.20. The molecule has 0 bridgehead atoms. The fourth-order valence-electron chi connectivity index (χ4n) is 2.33. The summed E-state index contributed by atoms with van der Waals surface area (Å²) < 4.78 is 36.4. The van der Waals surface area contributed by atoms with Gasteiger partial charge in [-0.2, -0.15) is 8.42 Å². The van der Waals surface area contributed by atoms with Gasteiger partial charge in [0.2, 0.25) is 0 Å². The number of hydrogen-bond acceptors (Lipinski definition) is 4. The lowest BCUT2D eigenvalue weighted by atomic mass is 10.1. The molecule has 0 radical (unpaired) electrons. The van der Waals surface area contributed by atoms with Gasteiger partial charge >= 0.3 is 0 Å². The van der Waals surface area contributed by atoms with Gasteiger partial charge in [-0.15, -0.1) is 0 Å². The second-order valence-corrected chi connectivity index (χ2v) is 6.88. The molecule has 1 aromatic carbocycles. The first-order valence-corrected chi connectivity index (χ1v) is 9.39. The van der Waals surface area contributed by atoms with Crippen molar-refractivity contribution >= 4 is 15.8 Å². The molecule has 6 heteroatoms. The molecular weight excluding hydrogens is 302 g/mol. The lowest BCUT2D eigenvalue weighted by Crippen LogP contribution is -2.26. The highest BCUT2D eigenvalue weighted by Gasteiger charge is 2.14. The van der Waals surface area contributed by atoms with Crippen LogP contribution >= 0.6 is 0 Å². The molecule has 1 rings (SSSR count). The number of anilines is 1. The number of hydrogen-bond donors (Lipinski definition) is 1. The van der Waals surface area contributed by atoms with E-state index in [-0.39, 0.29) is 0 Å². The maximum absolute atomic E-state index is 11.0. The number of nitrogens with zero attached hydrogens (tertiary/aromatic N) is 1. The summed E-state index contributed by atoms with van der Waals surface area (Å²) >= 11 is 0. The highest BCUT2D eigenvalue weighted by molar-refractivity contribution is 7.85. The Bertz CT molecular complexity index is 549. The van der Waals surface area contributed by atoms with E-state index >= 15 is 0 Å². The number of unbranched alkanes of at least 4 members (excludes halogenated alkanes) is 2. The zero-order chi connectivity index (χ0) is 16.6. The molecule has 0 fully saturated rings. The minimum Gasteiger partial charge on any atom is -0.495 e. The summed E-state index contributed by atoms with van der Waals surface area (Å²) in [5.74, 6) is 0.251. The first-order valence-electron chi connectivity index (χ1n) is 7.78. The third kappa shape index (κ3) is 6.23. The van der Waals surface area contributed by atoms with Crippen LogP contribution in [0, 0.1) is 0 Å². The average Bonchev–Trinajstić information content (AvgIpc) is 2.46. The normalized spacial score (nSPS) is 11.5. The summed E-state index contributed by atoms with van der Waals surface area (Å²) in [6.45, 7) is 6.21. The summed E-state index contributed by atoms with van der Waals surface area (Å²) in [6, 6.07) is 5.30. The van der Waals surface area contributed by atoms with E-state index in [0.717, 1.165) is 44.5 Å². The standard InChI is InChI=1S/C16H27NO4S/c1-4-6-10-17(11-7-5-2)15-9-8-14(12-16(15)21-3)13-22(18,19)20/h8-9,12H,4-7,10-11,13H2,1-3H3,(H,18,19,20). The third-order valence-electron chi connectivity index (χ3n) is 3.50. The van der Waals surface area contributed by atoms with Crippen LogP contribution in [0.2, 0.25) is 0 Å². The van der Waals surface area contributed by atoms with E-state index in [1.165, 1.54) is 0 Å². The van der Waals surface area contributed by atoms with Gasteiger partial charge in [0.05, 0.1) is 12.8 Å². The summed E-state index contributed by atoms with van der Waals surface area (Å²) in [6.07, 6.45) is 4.43. The molecule has 1 aromatic rings. The van der Waals surface area contributed by atoms with Crippen molar-refractivity contribution in [2.45, 2.75) is 45.3 Å². The van der Waals surface area contributed by atoms with Crippen molar-refractivity contribution in [3.63, 3.8) is 0 Å². The van der Waals surface area contributed by atoms with Crippen LogP contribution in [0.25, 0.3) is 0 Å². The molecule has 0 aliphatic heterocycles. The molecule has 0 aromatic heterocycles. The molecule has 0 atom stereocenters. The Kier molecular flexibility index (Phi) is 7.68. The molecule has 0 saturated heterocycles. The Morgan fingerprint density at radius 2 is 1.73 bits per heavy atom. The van der Waals surface area contributed by atoms with Crippen LogP contribution in [-0.4, -0.2) is 33.2 Å². The summed E-state index contributed by atoms with van der Waals surface area (Å²) in [7, 11) is -2.46. The zero-order valence-electron chi connectivity index (χ0n) is 13.7. The van der Waals surface area contributed by atoms with Crippen molar-refractivity contribution in [1.29, 1.82) is 0 Å². The van der Waals surface area contributed by atoms with E-state index in [9.17, 15) is 8.42 Å². The minimum absolute atomic E-state index is 0.395. The van der Waals surface area contributed by atoms with Crippen molar-refractivity contribution in [2.24, 2.45) is 0 Å². The van der Waals surface area contributed by atoms with Crippen molar-refractivity contribution in [3.8, 4) is 5.75 Å². The fourth-order valence-corrected chi connectivity index (χ4v) is 2.94. The van der Waals surface area contributed by atoms with E-state index < -0.39 is 15.9 Å². The lowest BCUT2D eigenvalue weighted by Gasteiger charge is -2.26. The van der Waals surface area contributed by atoms with Crippen LogP contribution < -0.4 is 9.64 Å². The molecule has 0 aliphatic carbocycles. The molecule has 0 amide bonds. The molecule has 0 heterocycles. The quantitative estimate of drug-likeness (QED) is 0.666. The maximum Gasteiger partial charge on any atom is 0.269 e. The number of rotatable bonds is 10. The van der Waals surface area contributed by atoms with Crippen molar-refractivity contribution < 1.29 is 17.7 Å². The average molecular weight is 329 g/mol. The van der Waals surface area contributed by atoms with Crippen LogP contribution in [-0.2, 0) is 15.9 Å². The second-order valence-electron chi connectivity index (χ2n) is 5.43. The van der Waals surface area contributed by atoms with E-state index in [1.54, 1.807) is 19.2 Å². The summed E-state index contributed by atoms with van der Waals surface area (Å²) in [4.78, 5) is 2.28. The smallest absolute Gasteiger partial charge is 0.269 e. The van der Waals surface area contributed by atoms with Crippen LogP contribution in [0.15, 0.2) is 18.2 Å². The van der Waals surface area contributed by atoms with Gasteiger partial charge < -0.3 is 9.64 Å². The molecule has 5 nitrogen and oxygen atoms in total. The Morgan fingerprint density at radius 3 is 2.18 bits per heavy atom. The molecule has 0 spiro atoms. The predicted octanol–water partition coefficient (Wildman–Crippen LogP) is 3.49. The molecule has 22 heavy (non-hydrogen) atoms. The van der Waals surface area contributed by atoms with Gasteiger partial charge in [-0.25, -0.2) is 0 Å². The zero-order valence-corrected chi connectivity index (χ0v) is 14.5. The SMILES string of the molecule is CCCCN(CCCC)c1ccc(CS(=O)(=O)O)cc1OC. The molecule has 0 saturated carbocycles. The number of benzene rings is 1. The number of methoxy groups -OCH3 is 1. The predicted molar refractivity (Wildman–Crippen MR) is 90.3 cm³/mol. The van der Waals surface area contributed by atoms with Crippen molar-refractivity contribution in [2.75, 3.05) is 25.1 Å². The topological polar surface area (TPSA) is 66.8 Å². The Labute approximate surface area is 134 Å². The van der Waals surface area contributed by atoms with Crippen LogP contribution in [0.3, 0.4) is 0 Å². The molecule has 126 valence electrons. The van der Waals surface area contributed by atoms with Gasteiger partial charge in [-0.1, -0.05) is 32.8 Å². The minimum atomic E-state index is -4.03. The van der Waals surface area contributed by atoms with Crippen molar-refractivity contribution in [1.82, 2.24) is 0 Å². The van der Waals surface area contributed by atoms with Gasteiger partial charge in [0.15, 0.2) is 0 Å². The van der Waals surface area contributed by atoms with Crippen molar-refractivity contribution in [3.05, 3.63) is 23.8 Å². The first-order chi connectivity index (χ1) is 10.4. The van der Waals surface area contributed by atoms with Gasteiger partial charge in [0.1, 0.15) is 11.5 Å². The Balaban J connectivity index is 3.03. The van der Waals surface area contributed by atoms with Gasteiger partial charge in [-0.05, 0) is 30.5 Å². The van der Waals surface area contributed by atoms with E-state index in [4.69, 9.17) is 9.29 Å². The fraction of sp³-hybridized carbons (Fsp3) is 0.625. The lowest BCUT2D eigenvalue weighted by molar-refractivity contribution is 0.413. The molecular formula is C16H27NO4S. The van der Waals surface area contributed by atoms with Gasteiger partial charge in [-0.3, -0.25) is 4.55 Å². The molecule has 0 aliphatic rings. The summed E-state index contributed by atoms with van der Waals surface area (Å²) in [5.41, 5.74) is 1.50. The maximum atomic E-state index is 11.0. The van der Waals surface area contributed by atoms with Gasteiger partial charge in [0, 0.05) is 13.1 Å². The Morgan fingerprint density at radius 1 is 1.14 bits per heavy atom. The largest absolute Gasteiger partial charge is 0.495 e. The number of ether oxygens (including phenoxy) is 1. The van der Waals surface area contributed by atoms with E-state index in [0.29, 0.717) is 11.3 Å². The van der Waals surface area contributed by atoms with E-state index in [1.807, 2.05) is 6.07 Å². The second kappa shape index (κ2) is 9.00. The highest BCUT2D eigenvalue weighted by atomic mass is 32.2. The van der Waals surface area contributed by atoms with Crippen LogP contribution in [0.4, 0.5) is 5.69 Å². The van der Waals surface area contributed by atoms with Gasteiger partial charge in [0.25, 0.3) is 10.1 Å². The highest BCUT2D eigenvalue weighted by Crippen LogP contribution is 2.30. The Hall–Kier alpha value is -1.27. The first kappa shape index (κ1) is 18.8.